The Balaban J connectivity index is 2.15. The van der Waals surface area contributed by atoms with Crippen LogP contribution in [-0.2, 0) is 9.59 Å². The van der Waals surface area contributed by atoms with Crippen molar-refractivity contribution >= 4 is 11.7 Å². The maximum atomic E-state index is 12.6. The average Bonchev–Trinajstić information content (AvgIpc) is 2.37. The van der Waals surface area contributed by atoms with Crippen molar-refractivity contribution in [3.8, 4) is 0 Å². The monoisotopic (exact) mass is 265 g/mol. The molecule has 2 aliphatic rings. The van der Waals surface area contributed by atoms with Gasteiger partial charge in [-0.05, 0) is 32.1 Å². The van der Waals surface area contributed by atoms with Gasteiger partial charge in [0.05, 0.1) is 0 Å². The second-order valence-corrected chi connectivity index (χ2v) is 7.13. The van der Waals surface area contributed by atoms with E-state index in [9.17, 15) is 9.59 Å². The Morgan fingerprint density at radius 2 is 1.79 bits per heavy atom. The number of amides is 1. The molecule has 1 heterocycles. The Bertz CT molecular complexity index is 356. The zero-order valence-electron chi connectivity index (χ0n) is 12.6. The maximum absolute atomic E-state index is 12.6. The van der Waals surface area contributed by atoms with Gasteiger partial charge in [-0.3, -0.25) is 9.59 Å². The zero-order chi connectivity index (χ0) is 14.0. The van der Waals surface area contributed by atoms with Gasteiger partial charge in [0, 0.05) is 30.3 Å². The molecular weight excluding hydrogens is 238 g/mol. The van der Waals surface area contributed by atoms with Crippen LogP contribution < -0.4 is 0 Å². The Hall–Kier alpha value is -0.860. The van der Waals surface area contributed by atoms with E-state index in [0.717, 1.165) is 51.5 Å². The molecule has 1 saturated heterocycles. The summed E-state index contributed by atoms with van der Waals surface area (Å²) in [7, 11) is 0. The average molecular weight is 265 g/mol. The van der Waals surface area contributed by atoms with Crippen molar-refractivity contribution < 1.29 is 9.59 Å². The minimum Gasteiger partial charge on any atom is -0.339 e. The van der Waals surface area contributed by atoms with Gasteiger partial charge < -0.3 is 4.90 Å². The van der Waals surface area contributed by atoms with Gasteiger partial charge >= 0.3 is 0 Å². The lowest BCUT2D eigenvalue weighted by Crippen LogP contribution is -2.53. The SMILES string of the molecule is CC(C)(C)C(=O)N1CCCCC1C1CCCCC1=O. The number of piperidine rings is 1. The van der Waals surface area contributed by atoms with Crippen LogP contribution in [0.4, 0.5) is 0 Å². The molecule has 0 spiro atoms. The van der Waals surface area contributed by atoms with Gasteiger partial charge in [0.25, 0.3) is 0 Å². The summed E-state index contributed by atoms with van der Waals surface area (Å²) in [6, 6.07) is 0.174. The summed E-state index contributed by atoms with van der Waals surface area (Å²) in [4.78, 5) is 26.8. The van der Waals surface area contributed by atoms with E-state index in [0.29, 0.717) is 5.78 Å². The minimum atomic E-state index is -0.340. The topological polar surface area (TPSA) is 37.4 Å². The molecule has 2 rings (SSSR count). The highest BCUT2D eigenvalue weighted by molar-refractivity contribution is 5.85. The molecule has 19 heavy (non-hydrogen) atoms. The number of hydrogen-bond acceptors (Lipinski definition) is 2. The highest BCUT2D eigenvalue weighted by atomic mass is 16.2. The van der Waals surface area contributed by atoms with Gasteiger partial charge in [0.2, 0.25) is 5.91 Å². The molecule has 2 fully saturated rings. The van der Waals surface area contributed by atoms with Crippen molar-refractivity contribution in [3.05, 3.63) is 0 Å². The van der Waals surface area contributed by atoms with E-state index in [1.807, 2.05) is 25.7 Å². The van der Waals surface area contributed by atoms with Crippen LogP contribution >= 0.6 is 0 Å². The van der Waals surface area contributed by atoms with Crippen LogP contribution in [0, 0.1) is 11.3 Å². The fourth-order valence-corrected chi connectivity index (χ4v) is 3.48. The van der Waals surface area contributed by atoms with Gasteiger partial charge in [0.15, 0.2) is 0 Å². The van der Waals surface area contributed by atoms with Crippen molar-refractivity contribution in [2.75, 3.05) is 6.54 Å². The number of nitrogens with zero attached hydrogens (tertiary/aromatic N) is 1. The molecule has 108 valence electrons. The largest absolute Gasteiger partial charge is 0.339 e. The molecule has 0 bridgehead atoms. The maximum Gasteiger partial charge on any atom is 0.228 e. The summed E-state index contributed by atoms with van der Waals surface area (Å²) in [5, 5.41) is 0. The third-order valence-corrected chi connectivity index (χ3v) is 4.52. The highest BCUT2D eigenvalue weighted by Crippen LogP contribution is 2.34. The quantitative estimate of drug-likeness (QED) is 0.730. The summed E-state index contributed by atoms with van der Waals surface area (Å²) in [6.07, 6.45) is 7.13. The fraction of sp³-hybridized carbons (Fsp3) is 0.875. The molecule has 0 N–H and O–H groups in total. The van der Waals surface area contributed by atoms with Gasteiger partial charge in [0.1, 0.15) is 5.78 Å². The van der Waals surface area contributed by atoms with Crippen molar-refractivity contribution in [1.82, 2.24) is 4.90 Å². The van der Waals surface area contributed by atoms with E-state index in [4.69, 9.17) is 0 Å². The Kier molecular flexibility index (Phi) is 4.32. The molecule has 0 aromatic heterocycles. The Labute approximate surface area is 116 Å². The second-order valence-electron chi connectivity index (χ2n) is 7.13. The third-order valence-electron chi connectivity index (χ3n) is 4.52. The molecule has 1 saturated carbocycles. The first-order valence-corrected chi connectivity index (χ1v) is 7.75. The van der Waals surface area contributed by atoms with E-state index in [2.05, 4.69) is 0 Å². The van der Waals surface area contributed by atoms with Crippen LogP contribution in [0.5, 0.6) is 0 Å². The zero-order valence-corrected chi connectivity index (χ0v) is 12.6. The standard InChI is InChI=1S/C16H27NO2/c1-16(2,3)15(19)17-11-7-6-9-13(17)12-8-4-5-10-14(12)18/h12-13H,4-11H2,1-3H3. The van der Waals surface area contributed by atoms with Crippen LogP contribution in [0.25, 0.3) is 0 Å². The lowest BCUT2D eigenvalue weighted by Gasteiger charge is -2.43. The summed E-state index contributed by atoms with van der Waals surface area (Å²) in [6.45, 7) is 6.77. The predicted molar refractivity (Wildman–Crippen MR) is 75.8 cm³/mol. The second kappa shape index (κ2) is 5.64. The molecular formula is C16H27NO2. The summed E-state index contributed by atoms with van der Waals surface area (Å²) in [5.41, 5.74) is -0.340. The number of carbonyl (C=O) groups is 2. The first-order valence-electron chi connectivity index (χ1n) is 7.75. The number of rotatable bonds is 1. The molecule has 1 aliphatic carbocycles. The molecule has 2 unspecified atom stereocenters. The lowest BCUT2D eigenvalue weighted by molar-refractivity contribution is -0.146. The van der Waals surface area contributed by atoms with Gasteiger partial charge in [-0.25, -0.2) is 0 Å². The van der Waals surface area contributed by atoms with E-state index in [1.165, 1.54) is 0 Å². The van der Waals surface area contributed by atoms with Crippen LogP contribution in [0.15, 0.2) is 0 Å². The summed E-state index contributed by atoms with van der Waals surface area (Å²) in [5.74, 6) is 0.723. The van der Waals surface area contributed by atoms with Crippen molar-refractivity contribution in [3.63, 3.8) is 0 Å². The number of likely N-dealkylation sites (tertiary alicyclic amines) is 1. The van der Waals surface area contributed by atoms with E-state index >= 15 is 0 Å². The molecule has 3 heteroatoms. The smallest absolute Gasteiger partial charge is 0.228 e. The Morgan fingerprint density at radius 3 is 2.42 bits per heavy atom. The molecule has 3 nitrogen and oxygen atoms in total. The van der Waals surface area contributed by atoms with E-state index < -0.39 is 0 Å². The van der Waals surface area contributed by atoms with Crippen LogP contribution in [0.3, 0.4) is 0 Å². The minimum absolute atomic E-state index is 0.111. The van der Waals surface area contributed by atoms with E-state index in [-0.39, 0.29) is 23.3 Å². The lowest BCUT2D eigenvalue weighted by atomic mass is 9.78. The normalized spacial score (nSPS) is 29.4. The van der Waals surface area contributed by atoms with Gasteiger partial charge in [-0.1, -0.05) is 27.2 Å². The molecule has 0 aromatic rings. The fourth-order valence-electron chi connectivity index (χ4n) is 3.48. The Morgan fingerprint density at radius 1 is 1.11 bits per heavy atom. The highest BCUT2D eigenvalue weighted by Gasteiger charge is 2.40. The van der Waals surface area contributed by atoms with Crippen LogP contribution in [0.2, 0.25) is 0 Å². The molecule has 1 aliphatic heterocycles. The van der Waals surface area contributed by atoms with Crippen molar-refractivity contribution in [2.24, 2.45) is 11.3 Å². The summed E-state index contributed by atoms with van der Waals surface area (Å²) >= 11 is 0. The first kappa shape index (κ1) is 14.5. The number of ketones is 1. The number of carbonyl (C=O) groups excluding carboxylic acids is 2. The van der Waals surface area contributed by atoms with Gasteiger partial charge in [-0.15, -0.1) is 0 Å². The van der Waals surface area contributed by atoms with Crippen molar-refractivity contribution in [1.29, 1.82) is 0 Å². The number of Topliss-reactive ketones (excluding diaryl/α,β-unsaturated/α-hetero) is 1. The third kappa shape index (κ3) is 3.18. The number of hydrogen-bond donors (Lipinski definition) is 0. The molecule has 0 aromatic carbocycles. The summed E-state index contributed by atoms with van der Waals surface area (Å²) < 4.78 is 0. The van der Waals surface area contributed by atoms with Gasteiger partial charge in [-0.2, -0.15) is 0 Å². The molecule has 0 radical (unpaired) electrons. The first-order chi connectivity index (χ1) is 8.91. The van der Waals surface area contributed by atoms with Crippen molar-refractivity contribution in [2.45, 2.75) is 71.8 Å². The molecule has 2 atom stereocenters. The predicted octanol–water partition coefficient (Wildman–Crippen LogP) is 3.17. The van der Waals surface area contributed by atoms with Crippen LogP contribution in [0.1, 0.15) is 65.7 Å². The van der Waals surface area contributed by atoms with Crippen LogP contribution in [-0.4, -0.2) is 29.2 Å². The van der Waals surface area contributed by atoms with E-state index in [1.54, 1.807) is 0 Å². The molecule has 1 amide bonds.